The molecule has 0 aliphatic carbocycles. The zero-order valence-electron chi connectivity index (χ0n) is 12.2. The maximum atomic E-state index is 6.31. The minimum atomic E-state index is 0.186. The zero-order valence-corrected chi connectivity index (χ0v) is 13.7. The SMILES string of the molecule is CNC(Cc1c(C)nn(C)c1Cl)c1ccc(Cl)c(C)c1. The summed E-state index contributed by atoms with van der Waals surface area (Å²) in [5.74, 6) is 0. The molecule has 0 amide bonds. The molecule has 108 valence electrons. The van der Waals surface area contributed by atoms with E-state index in [0.717, 1.165) is 28.3 Å². The van der Waals surface area contributed by atoms with Crippen molar-refractivity contribution < 1.29 is 0 Å². The van der Waals surface area contributed by atoms with Gasteiger partial charge in [0.2, 0.25) is 0 Å². The lowest BCUT2D eigenvalue weighted by molar-refractivity contribution is 0.590. The van der Waals surface area contributed by atoms with Crippen molar-refractivity contribution in [3.05, 3.63) is 50.8 Å². The first-order chi connectivity index (χ1) is 9.43. The molecule has 3 nitrogen and oxygen atoms in total. The summed E-state index contributed by atoms with van der Waals surface area (Å²) in [4.78, 5) is 0. The van der Waals surface area contributed by atoms with Crippen LogP contribution < -0.4 is 5.32 Å². The van der Waals surface area contributed by atoms with Gasteiger partial charge in [-0.15, -0.1) is 0 Å². The second kappa shape index (κ2) is 6.17. The van der Waals surface area contributed by atoms with Crippen molar-refractivity contribution >= 4 is 23.2 Å². The highest BCUT2D eigenvalue weighted by Crippen LogP contribution is 2.27. The van der Waals surface area contributed by atoms with E-state index in [1.165, 1.54) is 5.56 Å². The van der Waals surface area contributed by atoms with Crippen LogP contribution in [0.3, 0.4) is 0 Å². The van der Waals surface area contributed by atoms with Crippen LogP contribution in [-0.4, -0.2) is 16.8 Å². The van der Waals surface area contributed by atoms with Gasteiger partial charge in [-0.3, -0.25) is 4.68 Å². The molecule has 0 fully saturated rings. The molecule has 1 aromatic carbocycles. The Bertz CT molecular complexity index is 620. The van der Waals surface area contributed by atoms with Crippen molar-refractivity contribution in [3.63, 3.8) is 0 Å². The second-order valence-electron chi connectivity index (χ2n) is 5.03. The minimum absolute atomic E-state index is 0.186. The number of aryl methyl sites for hydroxylation is 3. The highest BCUT2D eigenvalue weighted by molar-refractivity contribution is 6.31. The van der Waals surface area contributed by atoms with Gasteiger partial charge in [-0.25, -0.2) is 0 Å². The van der Waals surface area contributed by atoms with Gasteiger partial charge in [-0.2, -0.15) is 5.10 Å². The first-order valence-electron chi connectivity index (χ1n) is 6.55. The monoisotopic (exact) mass is 311 g/mol. The number of nitrogens with one attached hydrogen (secondary N) is 1. The number of nitrogens with zero attached hydrogens (tertiary/aromatic N) is 2. The Morgan fingerprint density at radius 1 is 1.30 bits per heavy atom. The van der Waals surface area contributed by atoms with E-state index in [2.05, 4.69) is 22.5 Å². The normalized spacial score (nSPS) is 12.7. The molecule has 1 atom stereocenters. The fourth-order valence-electron chi connectivity index (χ4n) is 2.38. The highest BCUT2D eigenvalue weighted by Gasteiger charge is 2.17. The molecule has 1 N–H and O–H groups in total. The first-order valence-corrected chi connectivity index (χ1v) is 7.31. The van der Waals surface area contributed by atoms with E-state index in [1.807, 2.05) is 34.0 Å². The molecule has 0 bridgehead atoms. The average Bonchev–Trinajstić information content (AvgIpc) is 2.65. The number of likely N-dealkylation sites (N-methyl/N-ethyl adjacent to an activating group) is 1. The Morgan fingerprint density at radius 3 is 2.50 bits per heavy atom. The van der Waals surface area contributed by atoms with E-state index in [4.69, 9.17) is 23.2 Å². The topological polar surface area (TPSA) is 29.9 Å². The molecule has 0 radical (unpaired) electrons. The van der Waals surface area contributed by atoms with Crippen LogP contribution in [0.2, 0.25) is 10.2 Å². The third-order valence-corrected chi connectivity index (χ3v) is 4.51. The van der Waals surface area contributed by atoms with Crippen LogP contribution in [-0.2, 0) is 13.5 Å². The molecular weight excluding hydrogens is 293 g/mol. The number of hydrogen-bond acceptors (Lipinski definition) is 2. The molecule has 1 unspecified atom stereocenters. The molecule has 2 rings (SSSR count). The molecule has 0 saturated carbocycles. The minimum Gasteiger partial charge on any atom is -0.313 e. The lowest BCUT2D eigenvalue weighted by Gasteiger charge is -2.17. The molecule has 0 aliphatic heterocycles. The Hall–Kier alpha value is -1.03. The molecule has 0 aliphatic rings. The van der Waals surface area contributed by atoms with Crippen LogP contribution >= 0.6 is 23.2 Å². The van der Waals surface area contributed by atoms with E-state index < -0.39 is 0 Å². The largest absolute Gasteiger partial charge is 0.313 e. The van der Waals surface area contributed by atoms with E-state index in [9.17, 15) is 0 Å². The van der Waals surface area contributed by atoms with Gasteiger partial charge in [0, 0.05) is 23.7 Å². The van der Waals surface area contributed by atoms with Crippen molar-refractivity contribution in [2.24, 2.45) is 7.05 Å². The van der Waals surface area contributed by atoms with Gasteiger partial charge in [0.1, 0.15) is 5.15 Å². The van der Waals surface area contributed by atoms with Crippen LogP contribution in [0.1, 0.15) is 28.4 Å². The molecule has 1 heterocycles. The Labute approximate surface area is 129 Å². The number of benzene rings is 1. The molecule has 2 aromatic rings. The standard InChI is InChI=1S/C15H19Cl2N3/c1-9-7-11(5-6-13(9)16)14(18-3)8-12-10(2)19-20(4)15(12)17/h5-7,14,18H,8H2,1-4H3. The van der Waals surface area contributed by atoms with Crippen LogP contribution in [0.4, 0.5) is 0 Å². The van der Waals surface area contributed by atoms with Crippen LogP contribution in [0.15, 0.2) is 18.2 Å². The number of halogens is 2. The third kappa shape index (κ3) is 3.00. The lowest BCUT2D eigenvalue weighted by atomic mass is 9.98. The van der Waals surface area contributed by atoms with E-state index in [-0.39, 0.29) is 6.04 Å². The Kier molecular flexibility index (Phi) is 4.74. The van der Waals surface area contributed by atoms with Crippen molar-refractivity contribution in [3.8, 4) is 0 Å². The Balaban J connectivity index is 2.31. The van der Waals surface area contributed by atoms with Crippen molar-refractivity contribution in [1.82, 2.24) is 15.1 Å². The van der Waals surface area contributed by atoms with Gasteiger partial charge in [0.15, 0.2) is 0 Å². The fourth-order valence-corrected chi connectivity index (χ4v) is 2.75. The molecule has 0 spiro atoms. The second-order valence-corrected chi connectivity index (χ2v) is 5.80. The first kappa shape index (κ1) is 15.4. The molecule has 5 heteroatoms. The summed E-state index contributed by atoms with van der Waals surface area (Å²) in [5.41, 5.74) is 4.34. The molecular formula is C15H19Cl2N3. The summed E-state index contributed by atoms with van der Waals surface area (Å²) < 4.78 is 1.71. The maximum absolute atomic E-state index is 6.31. The van der Waals surface area contributed by atoms with Crippen LogP contribution in [0.25, 0.3) is 0 Å². The van der Waals surface area contributed by atoms with Gasteiger partial charge in [0.05, 0.1) is 5.69 Å². The van der Waals surface area contributed by atoms with Gasteiger partial charge < -0.3 is 5.32 Å². The van der Waals surface area contributed by atoms with E-state index in [1.54, 1.807) is 4.68 Å². The predicted octanol–water partition coefficient (Wildman–Crippen LogP) is 3.85. The summed E-state index contributed by atoms with van der Waals surface area (Å²) in [7, 11) is 3.81. The molecule has 1 aromatic heterocycles. The van der Waals surface area contributed by atoms with Crippen molar-refractivity contribution in [2.45, 2.75) is 26.3 Å². The quantitative estimate of drug-likeness (QED) is 0.929. The van der Waals surface area contributed by atoms with E-state index in [0.29, 0.717) is 5.15 Å². The average molecular weight is 312 g/mol. The van der Waals surface area contributed by atoms with Crippen molar-refractivity contribution in [1.29, 1.82) is 0 Å². The summed E-state index contributed by atoms with van der Waals surface area (Å²) >= 11 is 12.4. The van der Waals surface area contributed by atoms with Gasteiger partial charge in [-0.05, 0) is 44.5 Å². The van der Waals surface area contributed by atoms with Gasteiger partial charge in [0.25, 0.3) is 0 Å². The number of aromatic nitrogens is 2. The zero-order chi connectivity index (χ0) is 14.9. The summed E-state index contributed by atoms with van der Waals surface area (Å²) in [6.45, 7) is 4.00. The highest BCUT2D eigenvalue weighted by atomic mass is 35.5. The number of hydrogen-bond donors (Lipinski definition) is 1. The maximum Gasteiger partial charge on any atom is 0.130 e. The van der Waals surface area contributed by atoms with Crippen LogP contribution in [0, 0.1) is 13.8 Å². The summed E-state index contributed by atoms with van der Waals surface area (Å²) in [6, 6.07) is 6.29. The smallest absolute Gasteiger partial charge is 0.130 e. The Morgan fingerprint density at radius 2 is 2.00 bits per heavy atom. The summed E-state index contributed by atoms with van der Waals surface area (Å²) in [6.07, 6.45) is 0.802. The van der Waals surface area contributed by atoms with E-state index >= 15 is 0 Å². The van der Waals surface area contributed by atoms with Crippen LogP contribution in [0.5, 0.6) is 0 Å². The molecule has 20 heavy (non-hydrogen) atoms. The van der Waals surface area contributed by atoms with Gasteiger partial charge >= 0.3 is 0 Å². The lowest BCUT2D eigenvalue weighted by Crippen LogP contribution is -2.19. The molecule has 0 saturated heterocycles. The predicted molar refractivity (Wildman–Crippen MR) is 84.6 cm³/mol. The fraction of sp³-hybridized carbons (Fsp3) is 0.400. The number of rotatable bonds is 4. The van der Waals surface area contributed by atoms with Crippen molar-refractivity contribution in [2.75, 3.05) is 7.05 Å². The third-order valence-electron chi connectivity index (χ3n) is 3.61. The van der Waals surface area contributed by atoms with Gasteiger partial charge in [-0.1, -0.05) is 35.3 Å². The summed E-state index contributed by atoms with van der Waals surface area (Å²) in [5, 5.41) is 9.19.